The van der Waals surface area contributed by atoms with Gasteiger partial charge in [0, 0.05) is 17.3 Å². The quantitative estimate of drug-likeness (QED) is 0.258. The molecule has 0 bridgehead atoms. The molecule has 3 N–H and O–H groups in total. The predicted molar refractivity (Wildman–Crippen MR) is 42.6 cm³/mol. The van der Waals surface area contributed by atoms with E-state index in [1.807, 2.05) is 5.43 Å². The highest BCUT2D eigenvalue weighted by Gasteiger charge is 2.10. The lowest BCUT2D eigenvalue weighted by Crippen LogP contribution is -2.30. The SMILES string of the molecule is CC(CCC(=O)NN)C[N+](=O)[O-]. The predicted octanol–water partition coefficient (Wildman–Crippen LogP) is -0.331. The molecule has 1 amide bonds. The van der Waals surface area contributed by atoms with Gasteiger partial charge in [-0.05, 0) is 6.42 Å². The molecular weight excluding hydrogens is 162 g/mol. The highest BCUT2D eigenvalue weighted by Crippen LogP contribution is 2.04. The number of hydrogen-bond acceptors (Lipinski definition) is 4. The number of hydrazine groups is 1. The lowest BCUT2D eigenvalue weighted by atomic mass is 10.1. The molecule has 0 saturated carbocycles. The average molecular weight is 175 g/mol. The van der Waals surface area contributed by atoms with Gasteiger partial charge in [-0.15, -0.1) is 0 Å². The highest BCUT2D eigenvalue weighted by atomic mass is 16.6. The van der Waals surface area contributed by atoms with Crippen LogP contribution in [0.2, 0.25) is 0 Å². The van der Waals surface area contributed by atoms with Crippen LogP contribution in [0.5, 0.6) is 0 Å². The number of amides is 1. The van der Waals surface area contributed by atoms with Gasteiger partial charge in [-0.25, -0.2) is 5.84 Å². The number of carbonyl (C=O) groups is 1. The van der Waals surface area contributed by atoms with Crippen molar-refractivity contribution in [3.63, 3.8) is 0 Å². The Labute approximate surface area is 70.2 Å². The van der Waals surface area contributed by atoms with Crippen LogP contribution in [0.25, 0.3) is 0 Å². The van der Waals surface area contributed by atoms with Crippen LogP contribution < -0.4 is 11.3 Å². The second kappa shape index (κ2) is 5.48. The van der Waals surface area contributed by atoms with Crippen molar-refractivity contribution < 1.29 is 9.72 Å². The summed E-state index contributed by atoms with van der Waals surface area (Å²) in [5.74, 6) is 4.45. The topological polar surface area (TPSA) is 98.3 Å². The molecule has 70 valence electrons. The van der Waals surface area contributed by atoms with Crippen LogP contribution in [0, 0.1) is 16.0 Å². The minimum Gasteiger partial charge on any atom is -0.294 e. The maximum atomic E-state index is 10.6. The highest BCUT2D eigenvalue weighted by molar-refractivity contribution is 5.75. The standard InChI is InChI=1S/C6H13N3O3/c1-5(4-9(11)12)2-3-6(10)8-7/h5H,2-4,7H2,1H3,(H,8,10). The molecule has 0 aromatic carbocycles. The summed E-state index contributed by atoms with van der Waals surface area (Å²) in [7, 11) is 0. The third-order valence-electron chi connectivity index (χ3n) is 1.49. The molecule has 1 atom stereocenters. The molecule has 0 saturated heterocycles. The van der Waals surface area contributed by atoms with Gasteiger partial charge in [0.25, 0.3) is 0 Å². The molecule has 6 nitrogen and oxygen atoms in total. The van der Waals surface area contributed by atoms with Crippen molar-refractivity contribution in [3.05, 3.63) is 10.1 Å². The van der Waals surface area contributed by atoms with Crippen molar-refractivity contribution in [1.82, 2.24) is 5.43 Å². The molecule has 0 aliphatic carbocycles. The summed E-state index contributed by atoms with van der Waals surface area (Å²) in [6.45, 7) is 1.63. The van der Waals surface area contributed by atoms with Crippen LogP contribution >= 0.6 is 0 Å². The van der Waals surface area contributed by atoms with Gasteiger partial charge in [0.15, 0.2) is 0 Å². The lowest BCUT2D eigenvalue weighted by Gasteiger charge is -2.04. The Morgan fingerprint density at radius 2 is 2.33 bits per heavy atom. The smallest absolute Gasteiger partial charge is 0.233 e. The van der Waals surface area contributed by atoms with Gasteiger partial charge in [-0.3, -0.25) is 20.3 Å². The fourth-order valence-corrected chi connectivity index (χ4v) is 0.795. The van der Waals surface area contributed by atoms with Gasteiger partial charge in [0.05, 0.1) is 0 Å². The molecule has 0 fully saturated rings. The van der Waals surface area contributed by atoms with Crippen molar-refractivity contribution in [2.75, 3.05) is 6.54 Å². The molecule has 0 rings (SSSR count). The number of nitrogens with two attached hydrogens (primary N) is 1. The van der Waals surface area contributed by atoms with E-state index in [0.29, 0.717) is 6.42 Å². The van der Waals surface area contributed by atoms with Gasteiger partial charge >= 0.3 is 0 Å². The lowest BCUT2D eigenvalue weighted by molar-refractivity contribution is -0.487. The monoisotopic (exact) mass is 175 g/mol. The zero-order valence-electron chi connectivity index (χ0n) is 6.95. The Hall–Kier alpha value is -1.17. The fourth-order valence-electron chi connectivity index (χ4n) is 0.795. The van der Waals surface area contributed by atoms with E-state index in [1.165, 1.54) is 0 Å². The molecular formula is C6H13N3O3. The summed E-state index contributed by atoms with van der Waals surface area (Å²) in [6, 6.07) is 0. The Balaban J connectivity index is 3.50. The van der Waals surface area contributed by atoms with Crippen molar-refractivity contribution in [2.24, 2.45) is 11.8 Å². The summed E-state index contributed by atoms with van der Waals surface area (Å²) in [6.07, 6.45) is 0.732. The second-order valence-corrected chi connectivity index (χ2v) is 2.73. The first-order valence-corrected chi connectivity index (χ1v) is 3.67. The van der Waals surface area contributed by atoms with E-state index in [4.69, 9.17) is 5.84 Å². The van der Waals surface area contributed by atoms with Crippen molar-refractivity contribution in [2.45, 2.75) is 19.8 Å². The van der Waals surface area contributed by atoms with Gasteiger partial charge in [0.1, 0.15) is 0 Å². The van der Waals surface area contributed by atoms with Gasteiger partial charge in [-0.2, -0.15) is 0 Å². The summed E-state index contributed by atoms with van der Waals surface area (Å²) >= 11 is 0. The number of rotatable bonds is 5. The third kappa shape index (κ3) is 5.60. The van der Waals surface area contributed by atoms with Crippen LogP contribution in [-0.4, -0.2) is 17.4 Å². The molecule has 0 spiro atoms. The molecule has 0 radical (unpaired) electrons. The van der Waals surface area contributed by atoms with Crippen LogP contribution in [0.4, 0.5) is 0 Å². The van der Waals surface area contributed by atoms with Crippen molar-refractivity contribution >= 4 is 5.91 Å². The Bertz CT molecular complexity index is 171. The van der Waals surface area contributed by atoms with E-state index in [1.54, 1.807) is 6.92 Å². The Kier molecular flexibility index (Phi) is 4.94. The van der Waals surface area contributed by atoms with Crippen molar-refractivity contribution in [3.8, 4) is 0 Å². The van der Waals surface area contributed by atoms with Gasteiger partial charge < -0.3 is 0 Å². The largest absolute Gasteiger partial charge is 0.294 e. The number of nitro groups is 1. The van der Waals surface area contributed by atoms with Crippen LogP contribution in [-0.2, 0) is 4.79 Å². The van der Waals surface area contributed by atoms with Gasteiger partial charge in [-0.1, -0.05) is 6.92 Å². The molecule has 12 heavy (non-hydrogen) atoms. The molecule has 0 heterocycles. The summed E-state index contributed by atoms with van der Waals surface area (Å²) in [5, 5.41) is 10.0. The maximum Gasteiger partial charge on any atom is 0.233 e. The molecule has 1 unspecified atom stereocenters. The molecule has 0 aromatic rings. The first kappa shape index (κ1) is 10.8. The first-order valence-electron chi connectivity index (χ1n) is 3.67. The summed E-state index contributed by atoms with van der Waals surface area (Å²) < 4.78 is 0. The normalized spacial score (nSPS) is 12.2. The van der Waals surface area contributed by atoms with Crippen LogP contribution in [0.3, 0.4) is 0 Å². The van der Waals surface area contributed by atoms with E-state index in [-0.39, 0.29) is 29.7 Å². The van der Waals surface area contributed by atoms with E-state index >= 15 is 0 Å². The van der Waals surface area contributed by atoms with Crippen LogP contribution in [0.15, 0.2) is 0 Å². The summed E-state index contributed by atoms with van der Waals surface area (Å²) in [5.41, 5.74) is 1.96. The Morgan fingerprint density at radius 3 is 2.75 bits per heavy atom. The molecule has 0 aliphatic rings. The van der Waals surface area contributed by atoms with E-state index in [0.717, 1.165) is 0 Å². The molecule has 0 aliphatic heterocycles. The average Bonchev–Trinajstić information content (AvgIpc) is 1.99. The number of hydrogen-bond donors (Lipinski definition) is 2. The minimum absolute atomic E-state index is 0.0858. The number of carbonyl (C=O) groups excluding carboxylic acids is 1. The van der Waals surface area contributed by atoms with Crippen LogP contribution in [0.1, 0.15) is 19.8 Å². The zero-order valence-corrected chi connectivity index (χ0v) is 6.95. The fraction of sp³-hybridized carbons (Fsp3) is 0.833. The van der Waals surface area contributed by atoms with Crippen molar-refractivity contribution in [1.29, 1.82) is 0 Å². The minimum atomic E-state index is -0.384. The molecule has 0 aromatic heterocycles. The van der Waals surface area contributed by atoms with E-state index < -0.39 is 0 Å². The van der Waals surface area contributed by atoms with Gasteiger partial charge in [0.2, 0.25) is 12.5 Å². The summed E-state index contributed by atoms with van der Waals surface area (Å²) in [4.78, 5) is 20.2. The second-order valence-electron chi connectivity index (χ2n) is 2.73. The number of nitrogens with zero attached hydrogens (tertiary/aromatic N) is 1. The first-order chi connectivity index (χ1) is 5.56. The Morgan fingerprint density at radius 1 is 1.75 bits per heavy atom. The maximum absolute atomic E-state index is 10.6. The third-order valence-corrected chi connectivity index (χ3v) is 1.49. The zero-order chi connectivity index (χ0) is 9.56. The van der Waals surface area contributed by atoms with E-state index in [2.05, 4.69) is 0 Å². The number of nitrogens with one attached hydrogen (secondary N) is 1. The molecule has 6 heteroatoms. The van der Waals surface area contributed by atoms with E-state index in [9.17, 15) is 14.9 Å².